The number of alkyl halides is 4. The Kier molecular flexibility index (Phi) is 8.66. The second-order valence-electron chi connectivity index (χ2n) is 10.6. The van der Waals surface area contributed by atoms with Crippen molar-refractivity contribution in [1.29, 1.82) is 0 Å². The van der Waals surface area contributed by atoms with E-state index in [1.165, 1.54) is 12.1 Å². The van der Waals surface area contributed by atoms with Crippen molar-refractivity contribution in [3.05, 3.63) is 77.7 Å². The highest BCUT2D eigenvalue weighted by Gasteiger charge is 2.33. The fourth-order valence-corrected chi connectivity index (χ4v) is 3.65. The van der Waals surface area contributed by atoms with Crippen LogP contribution in [0.1, 0.15) is 57.2 Å². The highest BCUT2D eigenvalue weighted by Crippen LogP contribution is 2.37. The third-order valence-corrected chi connectivity index (χ3v) is 6.79. The summed E-state index contributed by atoms with van der Waals surface area (Å²) in [7, 11) is 1.91. The van der Waals surface area contributed by atoms with Gasteiger partial charge in [0.15, 0.2) is 23.9 Å². The first kappa shape index (κ1) is 28.2. The predicted octanol–water partition coefficient (Wildman–Crippen LogP) is 6.72. The van der Waals surface area contributed by atoms with E-state index in [4.69, 9.17) is 0 Å². The van der Waals surface area contributed by atoms with Crippen molar-refractivity contribution >= 4 is 5.82 Å². The molecule has 0 aliphatic carbocycles. The third kappa shape index (κ3) is 7.57. The molecule has 0 radical (unpaired) electrons. The van der Waals surface area contributed by atoms with Gasteiger partial charge in [-0.3, -0.25) is 0 Å². The first-order chi connectivity index (χ1) is 17.2. The van der Waals surface area contributed by atoms with Crippen molar-refractivity contribution in [2.75, 3.05) is 5.32 Å². The summed E-state index contributed by atoms with van der Waals surface area (Å²) in [4.78, 5) is 4.62. The molecule has 9 heteroatoms. The molecule has 1 atom stereocenters. The van der Waals surface area contributed by atoms with E-state index in [1.807, 2.05) is 48.3 Å². The minimum Gasteiger partial charge on any atom is -0.431 e. The van der Waals surface area contributed by atoms with E-state index in [0.717, 1.165) is 11.1 Å². The molecule has 0 saturated carbocycles. The number of rotatable bonds is 10. The van der Waals surface area contributed by atoms with Gasteiger partial charge in [0.2, 0.25) is 0 Å². The Morgan fingerprint density at radius 3 is 1.97 bits per heavy atom. The summed E-state index contributed by atoms with van der Waals surface area (Å²) in [6, 6.07) is 11.9. The Morgan fingerprint density at radius 1 is 0.838 bits per heavy atom. The van der Waals surface area contributed by atoms with Crippen LogP contribution in [0.2, 0.25) is 0 Å². The van der Waals surface area contributed by atoms with Gasteiger partial charge in [0, 0.05) is 29.8 Å². The smallest absolute Gasteiger partial charge is 0.387 e. The van der Waals surface area contributed by atoms with Crippen molar-refractivity contribution in [2.24, 2.45) is 12.5 Å². The highest BCUT2D eigenvalue weighted by atomic mass is 19.3. The van der Waals surface area contributed by atoms with Crippen molar-refractivity contribution in [2.45, 2.75) is 65.7 Å². The maximum atomic E-state index is 13.1. The monoisotopic (exact) mass is 520 g/mol. The lowest BCUT2D eigenvalue weighted by Crippen LogP contribution is -2.44. The summed E-state index contributed by atoms with van der Waals surface area (Å²) in [5, 5.41) is 3.47. The zero-order valence-electron chi connectivity index (χ0n) is 21.9. The number of anilines is 1. The van der Waals surface area contributed by atoms with Crippen LogP contribution in [0, 0.1) is 5.41 Å². The van der Waals surface area contributed by atoms with Crippen LogP contribution >= 0.6 is 0 Å². The van der Waals surface area contributed by atoms with Crippen LogP contribution in [-0.4, -0.2) is 23.7 Å². The molecule has 0 aliphatic heterocycles. The zero-order chi connectivity index (χ0) is 27.4. The van der Waals surface area contributed by atoms with Gasteiger partial charge in [0.1, 0.15) is 12.9 Å². The fourth-order valence-electron chi connectivity index (χ4n) is 3.65. The first-order valence-corrected chi connectivity index (χ1v) is 12.0. The fraction of sp³-hybridized carbons (Fsp3) is 0.429. The number of nitrogens with one attached hydrogen (secondary N) is 1. The van der Waals surface area contributed by atoms with E-state index in [0.29, 0.717) is 17.8 Å². The van der Waals surface area contributed by atoms with Crippen molar-refractivity contribution in [3.63, 3.8) is 0 Å². The molecule has 3 aromatic rings. The van der Waals surface area contributed by atoms with E-state index in [1.54, 1.807) is 12.3 Å². The Bertz CT molecular complexity index is 1160. The maximum absolute atomic E-state index is 13.1. The molecule has 0 aliphatic rings. The van der Waals surface area contributed by atoms with Gasteiger partial charge in [0.05, 0.1) is 0 Å². The Morgan fingerprint density at radius 2 is 1.43 bits per heavy atom. The standard InChI is InChI=1S/C28H34F4N3O2/c1-27(2,3)28(4,5)34-24-10-8-20(17-33-24)21(15-18-11-13-35(6)14-12-18)19-7-9-22(36-25(29)30)23(16-19)37-26(31)32/h7-14,16-17,21,25-26H,15H2,1-6H3,(H,33,34)/q+1. The maximum Gasteiger partial charge on any atom is 0.387 e. The van der Waals surface area contributed by atoms with Crippen molar-refractivity contribution in [3.8, 4) is 11.5 Å². The van der Waals surface area contributed by atoms with Gasteiger partial charge in [0.25, 0.3) is 0 Å². The number of aryl methyl sites for hydroxylation is 1. The van der Waals surface area contributed by atoms with Crippen LogP contribution in [0.4, 0.5) is 23.4 Å². The lowest BCUT2D eigenvalue weighted by Gasteiger charge is -2.40. The van der Waals surface area contributed by atoms with E-state index in [9.17, 15) is 17.6 Å². The molecule has 200 valence electrons. The van der Waals surface area contributed by atoms with Crippen LogP contribution in [0.15, 0.2) is 61.1 Å². The SMILES string of the molecule is C[n+]1ccc(CC(c2ccc(NC(C)(C)C(C)(C)C)nc2)c2ccc(OC(F)F)c(OC(F)F)c2)cc1. The van der Waals surface area contributed by atoms with Crippen LogP contribution in [0.25, 0.3) is 0 Å². The van der Waals surface area contributed by atoms with E-state index in [-0.39, 0.29) is 16.9 Å². The van der Waals surface area contributed by atoms with Gasteiger partial charge in [-0.05, 0) is 60.6 Å². The van der Waals surface area contributed by atoms with Crippen molar-refractivity contribution in [1.82, 2.24) is 4.98 Å². The summed E-state index contributed by atoms with van der Waals surface area (Å²) < 4.78 is 62.6. The summed E-state index contributed by atoms with van der Waals surface area (Å²) >= 11 is 0. The molecular formula is C28H34F4N3O2+. The number of hydrogen-bond acceptors (Lipinski definition) is 4. The third-order valence-electron chi connectivity index (χ3n) is 6.79. The number of hydrogen-bond donors (Lipinski definition) is 1. The summed E-state index contributed by atoms with van der Waals surface area (Å²) in [5.74, 6) is -0.510. The minimum absolute atomic E-state index is 0.0253. The average Bonchev–Trinajstić information content (AvgIpc) is 2.79. The number of halogens is 4. The molecule has 1 N–H and O–H groups in total. The number of benzene rings is 1. The van der Waals surface area contributed by atoms with Gasteiger partial charge >= 0.3 is 13.2 Å². The summed E-state index contributed by atoms with van der Waals surface area (Å²) in [6.07, 6.45) is 6.09. The molecule has 2 aromatic heterocycles. The van der Waals surface area contributed by atoms with Crippen LogP contribution in [0.5, 0.6) is 11.5 Å². The molecule has 5 nitrogen and oxygen atoms in total. The van der Waals surface area contributed by atoms with E-state index in [2.05, 4.69) is 54.4 Å². The molecule has 2 heterocycles. The van der Waals surface area contributed by atoms with Gasteiger partial charge in [-0.15, -0.1) is 0 Å². The number of ether oxygens (including phenoxy) is 2. The normalized spacial score (nSPS) is 13.1. The van der Waals surface area contributed by atoms with Gasteiger partial charge in [-0.2, -0.15) is 17.6 Å². The molecule has 0 fully saturated rings. The predicted molar refractivity (Wildman–Crippen MR) is 134 cm³/mol. The molecular weight excluding hydrogens is 486 g/mol. The van der Waals surface area contributed by atoms with Crippen LogP contribution in [-0.2, 0) is 13.5 Å². The van der Waals surface area contributed by atoms with Crippen LogP contribution in [0.3, 0.4) is 0 Å². The first-order valence-electron chi connectivity index (χ1n) is 12.0. The number of nitrogens with zero attached hydrogens (tertiary/aromatic N) is 2. The average molecular weight is 521 g/mol. The van der Waals surface area contributed by atoms with Gasteiger partial charge < -0.3 is 14.8 Å². The second kappa shape index (κ2) is 11.4. The van der Waals surface area contributed by atoms with E-state index >= 15 is 0 Å². The minimum atomic E-state index is -3.19. The molecule has 0 spiro atoms. The molecule has 1 aromatic carbocycles. The molecule has 1 unspecified atom stereocenters. The summed E-state index contributed by atoms with van der Waals surface area (Å²) in [6.45, 7) is 4.28. The zero-order valence-corrected chi connectivity index (χ0v) is 21.9. The Hall–Kier alpha value is -3.36. The second-order valence-corrected chi connectivity index (χ2v) is 10.6. The molecule has 0 saturated heterocycles. The Balaban J connectivity index is 2.00. The molecule has 37 heavy (non-hydrogen) atoms. The van der Waals surface area contributed by atoms with E-state index < -0.39 is 24.7 Å². The highest BCUT2D eigenvalue weighted by molar-refractivity contribution is 5.48. The molecule has 0 bridgehead atoms. The molecule has 0 amide bonds. The van der Waals surface area contributed by atoms with Crippen molar-refractivity contribution < 1.29 is 31.6 Å². The van der Waals surface area contributed by atoms with Gasteiger partial charge in [-0.1, -0.05) is 32.9 Å². The molecule has 3 rings (SSSR count). The largest absolute Gasteiger partial charge is 0.431 e. The van der Waals surface area contributed by atoms with Crippen LogP contribution < -0.4 is 19.4 Å². The Labute approximate surface area is 215 Å². The quantitative estimate of drug-likeness (QED) is 0.238. The summed E-state index contributed by atoms with van der Waals surface area (Å²) in [5.41, 5.74) is 2.18. The van der Waals surface area contributed by atoms with Gasteiger partial charge in [-0.25, -0.2) is 9.55 Å². The number of pyridine rings is 2. The lowest BCUT2D eigenvalue weighted by atomic mass is 9.76. The topological polar surface area (TPSA) is 47.3 Å². The lowest BCUT2D eigenvalue weighted by molar-refractivity contribution is -0.671. The number of aromatic nitrogens is 2.